The molecule has 0 aliphatic heterocycles. The zero-order valence-corrected chi connectivity index (χ0v) is 24.9. The van der Waals surface area contributed by atoms with Gasteiger partial charge in [-0.05, 0) is 84.9 Å². The second kappa shape index (κ2) is 11.3. The average Bonchev–Trinajstić information content (AvgIpc) is 3.59. The fourth-order valence-electron chi connectivity index (χ4n) is 5.14. The molecule has 224 valence electrons. The van der Waals surface area contributed by atoms with Crippen LogP contribution in [0.4, 0.5) is 10.1 Å². The minimum Gasteiger partial charge on any atom is -0.338 e. The van der Waals surface area contributed by atoms with Gasteiger partial charge in [-0.3, -0.25) is 14.9 Å². The molecule has 1 amide bonds. The number of carbonyl (C=O) groups excluding carboxylic acids is 1. The lowest BCUT2D eigenvalue weighted by molar-refractivity contribution is -0.116. The third-order valence-corrected chi connectivity index (χ3v) is 8.38. The van der Waals surface area contributed by atoms with Crippen LogP contribution in [0.3, 0.4) is 0 Å². The van der Waals surface area contributed by atoms with Crippen molar-refractivity contribution in [2.45, 2.75) is 5.37 Å². The summed E-state index contributed by atoms with van der Waals surface area (Å²) in [6, 6.07) is 15.4. The number of fused-ring (bicyclic) bond motifs is 2. The Kier molecular flexibility index (Phi) is 7.45. The standard InChI is InChI=1S/C31H29FN8O3S/c1-40(2)16-28(41)36-22-11-20(14-34-15-22)17-4-5-26-25(12-17)29(39-38-26)27-13-24-23(6-7-35-31(24)37-27)18-8-19(10-21(32)9-18)30(33)44(3,42)43/h4-15,30H,16,33H2,1-3H3,(H,35,37)(H,36,41)(H,38,39). The number of rotatable bonds is 8. The predicted molar refractivity (Wildman–Crippen MR) is 169 cm³/mol. The monoisotopic (exact) mass is 612 g/mol. The van der Waals surface area contributed by atoms with E-state index in [9.17, 15) is 17.6 Å². The fraction of sp³-hybridized carbons (Fsp3) is 0.161. The number of carbonyl (C=O) groups is 1. The number of aromatic nitrogens is 5. The van der Waals surface area contributed by atoms with Gasteiger partial charge >= 0.3 is 0 Å². The Morgan fingerprint density at radius 2 is 1.84 bits per heavy atom. The van der Waals surface area contributed by atoms with Gasteiger partial charge in [0.15, 0.2) is 9.84 Å². The Hall–Kier alpha value is -4.98. The molecule has 0 spiro atoms. The first-order chi connectivity index (χ1) is 21.0. The summed E-state index contributed by atoms with van der Waals surface area (Å²) >= 11 is 0. The molecule has 0 saturated carbocycles. The second-order valence-corrected chi connectivity index (χ2v) is 13.1. The Labute approximate surface area is 252 Å². The number of halogens is 1. The van der Waals surface area contributed by atoms with Crippen molar-refractivity contribution in [3.05, 3.63) is 84.6 Å². The molecule has 5 N–H and O–H groups in total. The van der Waals surface area contributed by atoms with Gasteiger partial charge in [0.1, 0.15) is 22.5 Å². The van der Waals surface area contributed by atoms with Gasteiger partial charge in [-0.1, -0.05) is 6.07 Å². The summed E-state index contributed by atoms with van der Waals surface area (Å²) in [5.74, 6) is -0.736. The topological polar surface area (TPSA) is 163 Å². The van der Waals surface area contributed by atoms with Crippen LogP contribution in [0.5, 0.6) is 0 Å². The molecule has 0 bridgehead atoms. The number of nitrogens with one attached hydrogen (secondary N) is 3. The summed E-state index contributed by atoms with van der Waals surface area (Å²) < 4.78 is 38.8. The molecule has 4 heterocycles. The van der Waals surface area contributed by atoms with Crippen LogP contribution in [-0.4, -0.2) is 71.3 Å². The van der Waals surface area contributed by atoms with Gasteiger partial charge in [0.05, 0.1) is 29.6 Å². The molecule has 1 unspecified atom stereocenters. The van der Waals surface area contributed by atoms with Crippen LogP contribution < -0.4 is 11.1 Å². The Balaban J connectivity index is 1.39. The van der Waals surface area contributed by atoms with Crippen LogP contribution in [0, 0.1) is 5.82 Å². The number of hydrogen-bond donors (Lipinski definition) is 4. The normalized spacial score (nSPS) is 12.7. The van der Waals surface area contributed by atoms with E-state index in [1.165, 1.54) is 6.07 Å². The van der Waals surface area contributed by atoms with Gasteiger partial charge in [-0.25, -0.2) is 17.8 Å². The lowest BCUT2D eigenvalue weighted by Gasteiger charge is -2.12. The van der Waals surface area contributed by atoms with E-state index >= 15 is 0 Å². The van der Waals surface area contributed by atoms with Crippen LogP contribution in [0.15, 0.2) is 73.2 Å². The molecule has 0 aliphatic rings. The van der Waals surface area contributed by atoms with E-state index in [1.54, 1.807) is 35.6 Å². The van der Waals surface area contributed by atoms with Crippen LogP contribution in [-0.2, 0) is 14.6 Å². The van der Waals surface area contributed by atoms with Crippen LogP contribution in [0.2, 0.25) is 0 Å². The zero-order valence-electron chi connectivity index (χ0n) is 24.1. The molecule has 44 heavy (non-hydrogen) atoms. The highest BCUT2D eigenvalue weighted by molar-refractivity contribution is 7.90. The molecule has 0 saturated heterocycles. The number of amides is 1. The Bertz CT molecular complexity index is 2160. The van der Waals surface area contributed by atoms with Crippen molar-refractivity contribution >= 4 is 43.4 Å². The molecule has 6 aromatic rings. The summed E-state index contributed by atoms with van der Waals surface area (Å²) in [6.45, 7) is 0.254. The van der Waals surface area contributed by atoms with E-state index in [0.29, 0.717) is 39.2 Å². The highest BCUT2D eigenvalue weighted by atomic mass is 32.2. The fourth-order valence-corrected chi connectivity index (χ4v) is 5.77. The first kappa shape index (κ1) is 29.1. The number of aromatic amines is 2. The number of hydrogen-bond acceptors (Lipinski definition) is 8. The van der Waals surface area contributed by atoms with Crippen molar-refractivity contribution in [3.8, 4) is 33.6 Å². The molecular weight excluding hydrogens is 583 g/mol. The van der Waals surface area contributed by atoms with Crippen LogP contribution in [0.25, 0.3) is 55.6 Å². The van der Waals surface area contributed by atoms with Gasteiger partial charge in [-0.15, -0.1) is 0 Å². The smallest absolute Gasteiger partial charge is 0.238 e. The predicted octanol–water partition coefficient (Wildman–Crippen LogP) is 4.48. The third kappa shape index (κ3) is 5.80. The van der Waals surface area contributed by atoms with Gasteiger partial charge in [-0.2, -0.15) is 5.10 Å². The number of likely N-dealkylation sites (N-methyl/N-ethyl adjacent to an activating group) is 1. The van der Waals surface area contributed by atoms with E-state index in [0.717, 1.165) is 34.4 Å². The first-order valence-corrected chi connectivity index (χ1v) is 15.5. The lowest BCUT2D eigenvalue weighted by atomic mass is 10.0. The molecule has 4 aromatic heterocycles. The Morgan fingerprint density at radius 1 is 1.02 bits per heavy atom. The van der Waals surface area contributed by atoms with E-state index in [1.807, 2.05) is 44.4 Å². The van der Waals surface area contributed by atoms with Gasteiger partial charge in [0.25, 0.3) is 0 Å². The van der Waals surface area contributed by atoms with Crippen molar-refractivity contribution < 1.29 is 17.6 Å². The van der Waals surface area contributed by atoms with Crippen LogP contribution in [0.1, 0.15) is 10.9 Å². The molecule has 2 aromatic carbocycles. The first-order valence-electron chi connectivity index (χ1n) is 13.6. The van der Waals surface area contributed by atoms with Crippen molar-refractivity contribution in [1.82, 2.24) is 30.0 Å². The van der Waals surface area contributed by atoms with Crippen molar-refractivity contribution in [2.75, 3.05) is 32.2 Å². The quantitative estimate of drug-likeness (QED) is 0.196. The number of H-pyrrole nitrogens is 2. The average molecular weight is 613 g/mol. The second-order valence-electron chi connectivity index (χ2n) is 10.9. The summed E-state index contributed by atoms with van der Waals surface area (Å²) in [6.07, 6.45) is 5.94. The summed E-state index contributed by atoms with van der Waals surface area (Å²) in [7, 11) is 0.00941. The van der Waals surface area contributed by atoms with Crippen molar-refractivity contribution in [1.29, 1.82) is 0 Å². The number of pyridine rings is 2. The summed E-state index contributed by atoms with van der Waals surface area (Å²) in [5, 5.41) is 10.7. The van der Waals surface area contributed by atoms with Crippen LogP contribution >= 0.6 is 0 Å². The van der Waals surface area contributed by atoms with E-state index in [2.05, 4.69) is 30.5 Å². The maximum Gasteiger partial charge on any atom is 0.238 e. The number of sulfone groups is 1. The number of benzene rings is 2. The van der Waals surface area contributed by atoms with Gasteiger partial charge < -0.3 is 20.9 Å². The van der Waals surface area contributed by atoms with Gasteiger partial charge in [0.2, 0.25) is 5.91 Å². The molecule has 6 rings (SSSR count). The van der Waals surface area contributed by atoms with E-state index in [4.69, 9.17) is 5.73 Å². The molecule has 0 fully saturated rings. The third-order valence-electron chi connectivity index (χ3n) is 7.19. The van der Waals surface area contributed by atoms with E-state index in [-0.39, 0.29) is 18.0 Å². The minimum absolute atomic E-state index is 0.138. The molecule has 11 nitrogen and oxygen atoms in total. The highest BCUT2D eigenvalue weighted by Gasteiger charge is 2.21. The summed E-state index contributed by atoms with van der Waals surface area (Å²) in [5.41, 5.74) is 12.2. The highest BCUT2D eigenvalue weighted by Crippen LogP contribution is 2.36. The molecule has 13 heteroatoms. The minimum atomic E-state index is -3.64. The van der Waals surface area contributed by atoms with Crippen molar-refractivity contribution in [2.24, 2.45) is 5.73 Å². The van der Waals surface area contributed by atoms with Crippen molar-refractivity contribution in [3.63, 3.8) is 0 Å². The number of nitrogens with two attached hydrogens (primary N) is 1. The maximum atomic E-state index is 14.7. The lowest BCUT2D eigenvalue weighted by Crippen LogP contribution is -2.27. The van der Waals surface area contributed by atoms with Gasteiger partial charge in [0, 0.05) is 35.0 Å². The summed E-state index contributed by atoms with van der Waals surface area (Å²) in [4.78, 5) is 26.1. The maximum absolute atomic E-state index is 14.7. The zero-order chi connectivity index (χ0) is 31.2. The molecule has 0 radical (unpaired) electrons. The molecule has 0 aliphatic carbocycles. The SMILES string of the molecule is CN(C)CC(=O)Nc1cncc(-c2ccc3[nH]nc(-c4cc5c(-c6cc(F)cc(C(N)S(C)(=O)=O)c6)ccnc5[nH]4)c3c2)c1. The number of nitrogens with zero attached hydrogens (tertiary/aromatic N) is 4. The Morgan fingerprint density at radius 3 is 2.61 bits per heavy atom. The molecular formula is C31H29FN8O3S. The van der Waals surface area contributed by atoms with E-state index < -0.39 is 21.0 Å². The largest absolute Gasteiger partial charge is 0.338 e. The number of anilines is 1. The molecule has 1 atom stereocenters.